The number of amides is 1. The number of carbonyl (C=O) groups is 1. The number of imidazole rings is 1. The number of nitrogens with one attached hydrogen (secondary N) is 2. The third kappa shape index (κ3) is 2.96. The summed E-state index contributed by atoms with van der Waals surface area (Å²) >= 11 is 0. The predicted octanol–water partition coefficient (Wildman–Crippen LogP) is 2.76. The first-order chi connectivity index (χ1) is 10.6. The largest absolute Gasteiger partial charge is 0.388 e. The number of H-pyrrole nitrogens is 1. The van der Waals surface area contributed by atoms with Gasteiger partial charge < -0.3 is 15.4 Å². The minimum Gasteiger partial charge on any atom is -0.388 e. The smallest absolute Gasteiger partial charge is 0.227 e. The summed E-state index contributed by atoms with van der Waals surface area (Å²) in [6, 6.07) is 10.9. The van der Waals surface area contributed by atoms with Crippen LogP contribution >= 0.6 is 0 Å². The number of nitrogens with zero attached hydrogens (tertiary/aromatic N) is 1. The van der Waals surface area contributed by atoms with Gasteiger partial charge in [-0.3, -0.25) is 4.79 Å². The van der Waals surface area contributed by atoms with Crippen molar-refractivity contribution < 1.29 is 14.3 Å². The number of anilines is 1. The van der Waals surface area contributed by atoms with Crippen molar-refractivity contribution >= 4 is 22.6 Å². The lowest BCUT2D eigenvalue weighted by Gasteiger charge is -2.11. The van der Waals surface area contributed by atoms with Gasteiger partial charge in [0.25, 0.3) is 0 Å². The van der Waals surface area contributed by atoms with E-state index < -0.39 is 11.9 Å². The maximum Gasteiger partial charge on any atom is 0.227 e. The molecule has 1 unspecified atom stereocenters. The summed E-state index contributed by atoms with van der Waals surface area (Å²) in [5, 5.41) is 12.7. The van der Waals surface area contributed by atoms with Gasteiger partial charge in [0.1, 0.15) is 11.3 Å². The molecule has 112 valence electrons. The average Bonchev–Trinajstić information content (AvgIpc) is 2.96. The average molecular weight is 299 g/mol. The van der Waals surface area contributed by atoms with E-state index in [9.17, 15) is 14.3 Å². The van der Waals surface area contributed by atoms with E-state index in [0.717, 1.165) is 5.52 Å². The van der Waals surface area contributed by atoms with Gasteiger partial charge >= 0.3 is 0 Å². The van der Waals surface area contributed by atoms with E-state index >= 15 is 0 Å². The highest BCUT2D eigenvalue weighted by Crippen LogP contribution is 2.22. The van der Waals surface area contributed by atoms with Crippen LogP contribution in [0.4, 0.5) is 10.1 Å². The molecule has 3 rings (SSSR count). The molecule has 1 atom stereocenters. The molecule has 3 N–H and O–H groups in total. The van der Waals surface area contributed by atoms with Crippen LogP contribution in [0.2, 0.25) is 0 Å². The van der Waals surface area contributed by atoms with Crippen LogP contribution in [-0.2, 0) is 4.79 Å². The predicted molar refractivity (Wildman–Crippen MR) is 80.7 cm³/mol. The van der Waals surface area contributed by atoms with E-state index in [1.54, 1.807) is 24.5 Å². The number of halogens is 1. The van der Waals surface area contributed by atoms with Gasteiger partial charge in [0.15, 0.2) is 0 Å². The molecule has 3 aromatic rings. The molecule has 0 saturated carbocycles. The van der Waals surface area contributed by atoms with Gasteiger partial charge in [-0.15, -0.1) is 0 Å². The topological polar surface area (TPSA) is 78.0 Å². The van der Waals surface area contributed by atoms with Crippen molar-refractivity contribution in [3.05, 3.63) is 60.2 Å². The van der Waals surface area contributed by atoms with Crippen LogP contribution in [0.1, 0.15) is 18.1 Å². The van der Waals surface area contributed by atoms with Crippen LogP contribution in [0.15, 0.2) is 48.8 Å². The molecule has 5 nitrogen and oxygen atoms in total. The van der Waals surface area contributed by atoms with Crippen LogP contribution in [0.25, 0.3) is 11.0 Å². The molecule has 0 saturated heterocycles. The van der Waals surface area contributed by atoms with Crippen molar-refractivity contribution in [2.24, 2.45) is 0 Å². The molecule has 0 aliphatic carbocycles. The highest BCUT2D eigenvalue weighted by Gasteiger charge is 2.15. The second kappa shape index (κ2) is 5.95. The highest BCUT2D eigenvalue weighted by atomic mass is 19.1. The van der Waals surface area contributed by atoms with E-state index in [1.807, 2.05) is 6.07 Å². The minimum absolute atomic E-state index is 0.162. The standard InChI is InChI=1S/C16H14FN3O2/c17-11-4-1-3-10(7-11)14(21)8-15(22)20-13-6-2-5-12-16(13)19-9-18-12/h1-7,9,14,21H,8H2,(H,18,19)(H,20,22). The van der Waals surface area contributed by atoms with Gasteiger partial charge in [0.05, 0.1) is 30.1 Å². The molecule has 0 bridgehead atoms. The van der Waals surface area contributed by atoms with E-state index in [1.165, 1.54) is 18.2 Å². The molecule has 0 fully saturated rings. The molecule has 2 aromatic carbocycles. The summed E-state index contributed by atoms with van der Waals surface area (Å²) in [7, 11) is 0. The molecule has 1 amide bonds. The second-order valence-electron chi connectivity index (χ2n) is 4.93. The van der Waals surface area contributed by atoms with Gasteiger partial charge in [-0.1, -0.05) is 18.2 Å². The van der Waals surface area contributed by atoms with Gasteiger partial charge in [0, 0.05) is 0 Å². The van der Waals surface area contributed by atoms with Crippen molar-refractivity contribution in [1.29, 1.82) is 0 Å². The Labute approximate surface area is 125 Å². The molecule has 0 aliphatic rings. The third-order valence-electron chi connectivity index (χ3n) is 3.34. The van der Waals surface area contributed by atoms with Crippen LogP contribution in [-0.4, -0.2) is 21.0 Å². The fourth-order valence-corrected chi connectivity index (χ4v) is 2.27. The van der Waals surface area contributed by atoms with E-state index in [-0.39, 0.29) is 12.3 Å². The Bertz CT molecular complexity index is 816. The Morgan fingerprint density at radius 2 is 2.14 bits per heavy atom. The Morgan fingerprint density at radius 3 is 2.95 bits per heavy atom. The van der Waals surface area contributed by atoms with Gasteiger partial charge in [-0.2, -0.15) is 0 Å². The molecule has 6 heteroatoms. The number of hydrogen-bond donors (Lipinski definition) is 3. The Hall–Kier alpha value is -2.73. The number of aliphatic hydroxyl groups is 1. The second-order valence-corrected chi connectivity index (χ2v) is 4.93. The van der Waals surface area contributed by atoms with Gasteiger partial charge in [0.2, 0.25) is 5.91 Å². The van der Waals surface area contributed by atoms with Crippen molar-refractivity contribution in [3.63, 3.8) is 0 Å². The zero-order chi connectivity index (χ0) is 15.5. The van der Waals surface area contributed by atoms with Crippen LogP contribution < -0.4 is 5.32 Å². The van der Waals surface area contributed by atoms with Crippen molar-refractivity contribution in [1.82, 2.24) is 9.97 Å². The van der Waals surface area contributed by atoms with Crippen molar-refractivity contribution in [2.75, 3.05) is 5.32 Å². The number of aliphatic hydroxyl groups excluding tert-OH is 1. The van der Waals surface area contributed by atoms with Crippen molar-refractivity contribution in [3.8, 4) is 0 Å². The number of aromatic nitrogens is 2. The quantitative estimate of drug-likeness (QED) is 0.693. The van der Waals surface area contributed by atoms with E-state index in [2.05, 4.69) is 15.3 Å². The number of para-hydroxylation sites is 1. The Balaban J connectivity index is 1.71. The lowest BCUT2D eigenvalue weighted by Crippen LogP contribution is -2.15. The maximum absolute atomic E-state index is 13.1. The molecule has 0 aliphatic heterocycles. The molecule has 0 spiro atoms. The number of rotatable bonds is 4. The first kappa shape index (κ1) is 14.2. The molecular formula is C16H14FN3O2. The maximum atomic E-state index is 13.1. The fraction of sp³-hybridized carbons (Fsp3) is 0.125. The summed E-state index contributed by atoms with van der Waals surface area (Å²) in [6.45, 7) is 0. The Morgan fingerprint density at radius 1 is 1.32 bits per heavy atom. The number of carbonyl (C=O) groups excluding carboxylic acids is 1. The van der Waals surface area contributed by atoms with Gasteiger partial charge in [-0.05, 0) is 29.8 Å². The number of hydrogen-bond acceptors (Lipinski definition) is 3. The summed E-state index contributed by atoms with van der Waals surface area (Å²) < 4.78 is 13.1. The number of fused-ring (bicyclic) bond motifs is 1. The minimum atomic E-state index is -1.06. The lowest BCUT2D eigenvalue weighted by molar-refractivity contribution is -0.118. The molecule has 22 heavy (non-hydrogen) atoms. The summed E-state index contributed by atoms with van der Waals surface area (Å²) in [5.41, 5.74) is 2.39. The lowest BCUT2D eigenvalue weighted by atomic mass is 10.1. The zero-order valence-electron chi connectivity index (χ0n) is 11.6. The van der Waals surface area contributed by atoms with Crippen LogP contribution in [0.5, 0.6) is 0 Å². The van der Waals surface area contributed by atoms with E-state index in [4.69, 9.17) is 0 Å². The fourth-order valence-electron chi connectivity index (χ4n) is 2.27. The number of benzene rings is 2. The molecule has 1 heterocycles. The molecular weight excluding hydrogens is 285 g/mol. The van der Waals surface area contributed by atoms with Crippen molar-refractivity contribution in [2.45, 2.75) is 12.5 Å². The first-order valence-corrected chi connectivity index (χ1v) is 6.79. The Kier molecular flexibility index (Phi) is 3.84. The van der Waals surface area contributed by atoms with Gasteiger partial charge in [-0.25, -0.2) is 9.37 Å². The normalized spacial score (nSPS) is 12.3. The SMILES string of the molecule is O=C(CC(O)c1cccc(F)c1)Nc1cccc2[nH]cnc12. The monoisotopic (exact) mass is 299 g/mol. The number of aromatic amines is 1. The molecule has 1 aromatic heterocycles. The van der Waals surface area contributed by atoms with E-state index in [0.29, 0.717) is 16.8 Å². The highest BCUT2D eigenvalue weighted by molar-refractivity contribution is 5.99. The summed E-state index contributed by atoms with van der Waals surface area (Å²) in [5.74, 6) is -0.814. The van der Waals surface area contributed by atoms with Crippen LogP contribution in [0.3, 0.4) is 0 Å². The third-order valence-corrected chi connectivity index (χ3v) is 3.34. The molecule has 0 radical (unpaired) electrons. The zero-order valence-corrected chi connectivity index (χ0v) is 11.6. The summed E-state index contributed by atoms with van der Waals surface area (Å²) in [6.07, 6.45) is 0.320. The first-order valence-electron chi connectivity index (χ1n) is 6.79. The van der Waals surface area contributed by atoms with Crippen LogP contribution in [0, 0.1) is 5.82 Å². The summed E-state index contributed by atoms with van der Waals surface area (Å²) in [4.78, 5) is 19.1.